The van der Waals surface area contributed by atoms with Crippen molar-refractivity contribution in [3.8, 4) is 0 Å². The Morgan fingerprint density at radius 3 is 2.12 bits per heavy atom. The molecule has 0 aromatic carbocycles. The molecule has 0 aliphatic heterocycles. The van der Waals surface area contributed by atoms with Crippen molar-refractivity contribution in [2.45, 2.75) is 27.0 Å². The zero-order valence-corrected chi connectivity index (χ0v) is 5.81. The van der Waals surface area contributed by atoms with Crippen molar-refractivity contribution in [1.29, 1.82) is 0 Å². The van der Waals surface area contributed by atoms with E-state index in [1.54, 1.807) is 0 Å². The van der Waals surface area contributed by atoms with Crippen molar-refractivity contribution in [2.24, 2.45) is 5.92 Å². The monoisotopic (exact) mass is 117 g/mol. The van der Waals surface area contributed by atoms with E-state index >= 15 is 0 Å². The molecule has 0 aliphatic carbocycles. The van der Waals surface area contributed by atoms with Crippen LogP contribution in [0.15, 0.2) is 0 Å². The third kappa shape index (κ3) is 2.99. The summed E-state index contributed by atoms with van der Waals surface area (Å²) in [5.74, 6) is 0.315. The summed E-state index contributed by atoms with van der Waals surface area (Å²) in [6, 6.07) is 0. The highest BCUT2D eigenvalue weighted by molar-refractivity contribution is 4.54. The molecule has 0 aromatic heterocycles. The van der Waals surface area contributed by atoms with Crippen LogP contribution in [-0.2, 0) is 0 Å². The lowest BCUT2D eigenvalue weighted by Crippen LogP contribution is -2.32. The SMILES string of the molecule is CCNC(O)C(C)C. The number of hydrogen-bond donors (Lipinski definition) is 2. The smallest absolute Gasteiger partial charge is 0.107 e. The molecule has 0 fully saturated rings. The predicted molar refractivity (Wildman–Crippen MR) is 34.5 cm³/mol. The van der Waals surface area contributed by atoms with E-state index in [0.29, 0.717) is 5.92 Å². The molecule has 0 rings (SSSR count). The summed E-state index contributed by atoms with van der Waals surface area (Å²) < 4.78 is 0. The number of rotatable bonds is 3. The third-order valence-corrected chi connectivity index (χ3v) is 1.04. The Kier molecular flexibility index (Phi) is 3.83. The summed E-state index contributed by atoms with van der Waals surface area (Å²) in [4.78, 5) is 0. The van der Waals surface area contributed by atoms with Gasteiger partial charge in [0.25, 0.3) is 0 Å². The molecule has 0 saturated carbocycles. The summed E-state index contributed by atoms with van der Waals surface area (Å²) in [5, 5.41) is 11.9. The fraction of sp³-hybridized carbons (Fsp3) is 1.00. The molecule has 0 radical (unpaired) electrons. The van der Waals surface area contributed by atoms with Crippen LogP contribution in [0.5, 0.6) is 0 Å². The Balaban J connectivity index is 3.17. The van der Waals surface area contributed by atoms with E-state index in [-0.39, 0.29) is 6.23 Å². The van der Waals surface area contributed by atoms with Gasteiger partial charge in [0.1, 0.15) is 6.23 Å². The highest BCUT2D eigenvalue weighted by Gasteiger charge is 2.04. The van der Waals surface area contributed by atoms with E-state index in [9.17, 15) is 0 Å². The van der Waals surface area contributed by atoms with Crippen molar-refractivity contribution in [2.75, 3.05) is 6.54 Å². The maximum absolute atomic E-state index is 9.02. The summed E-state index contributed by atoms with van der Waals surface area (Å²) >= 11 is 0. The molecule has 1 atom stereocenters. The molecule has 0 aromatic rings. The second-order valence-corrected chi connectivity index (χ2v) is 2.25. The quantitative estimate of drug-likeness (QED) is 0.530. The minimum absolute atomic E-state index is 0.315. The Hall–Kier alpha value is -0.0800. The minimum Gasteiger partial charge on any atom is -0.378 e. The first-order valence-electron chi connectivity index (χ1n) is 3.10. The number of hydrogen-bond acceptors (Lipinski definition) is 2. The molecule has 0 heterocycles. The van der Waals surface area contributed by atoms with Crippen molar-refractivity contribution >= 4 is 0 Å². The maximum Gasteiger partial charge on any atom is 0.107 e. The highest BCUT2D eigenvalue weighted by Crippen LogP contribution is 1.95. The average molecular weight is 117 g/mol. The summed E-state index contributed by atoms with van der Waals surface area (Å²) in [5.41, 5.74) is 0. The van der Waals surface area contributed by atoms with Crippen LogP contribution < -0.4 is 5.32 Å². The molecule has 0 aliphatic rings. The Labute approximate surface area is 50.9 Å². The fourth-order valence-corrected chi connectivity index (χ4v) is 0.445. The van der Waals surface area contributed by atoms with Crippen LogP contribution in [0.2, 0.25) is 0 Å². The summed E-state index contributed by atoms with van der Waals surface area (Å²) in [7, 11) is 0. The molecular formula is C6H15NO. The van der Waals surface area contributed by atoms with Crippen LogP contribution in [0.3, 0.4) is 0 Å². The molecule has 0 bridgehead atoms. The molecule has 2 nitrogen and oxygen atoms in total. The predicted octanol–water partition coefficient (Wildman–Crippen LogP) is 0.570. The molecule has 50 valence electrons. The zero-order valence-electron chi connectivity index (χ0n) is 5.81. The fourth-order valence-electron chi connectivity index (χ4n) is 0.445. The third-order valence-electron chi connectivity index (χ3n) is 1.04. The number of aliphatic hydroxyl groups is 1. The summed E-state index contributed by atoms with van der Waals surface area (Å²) in [6.45, 7) is 6.77. The van der Waals surface area contributed by atoms with Gasteiger partial charge >= 0.3 is 0 Å². The van der Waals surface area contributed by atoms with Crippen LogP contribution in [-0.4, -0.2) is 17.9 Å². The van der Waals surface area contributed by atoms with Crippen molar-refractivity contribution in [3.05, 3.63) is 0 Å². The topological polar surface area (TPSA) is 32.3 Å². The largest absolute Gasteiger partial charge is 0.378 e. The average Bonchev–Trinajstić information content (AvgIpc) is 1.67. The summed E-state index contributed by atoms with van der Waals surface area (Å²) in [6.07, 6.45) is -0.333. The van der Waals surface area contributed by atoms with Gasteiger partial charge in [-0.05, 0) is 12.5 Å². The Bertz CT molecular complexity index is 54.5. The van der Waals surface area contributed by atoms with Gasteiger partial charge in [-0.2, -0.15) is 0 Å². The van der Waals surface area contributed by atoms with Crippen LogP contribution in [0.4, 0.5) is 0 Å². The van der Waals surface area contributed by atoms with Gasteiger partial charge in [-0.1, -0.05) is 20.8 Å². The van der Waals surface area contributed by atoms with E-state index in [1.165, 1.54) is 0 Å². The van der Waals surface area contributed by atoms with E-state index in [1.807, 2.05) is 20.8 Å². The van der Waals surface area contributed by atoms with Gasteiger partial charge in [0, 0.05) is 0 Å². The second-order valence-electron chi connectivity index (χ2n) is 2.25. The lowest BCUT2D eigenvalue weighted by molar-refractivity contribution is 0.0927. The first kappa shape index (κ1) is 7.92. The lowest BCUT2D eigenvalue weighted by atomic mass is 10.2. The van der Waals surface area contributed by atoms with Crippen LogP contribution in [0.25, 0.3) is 0 Å². The first-order valence-corrected chi connectivity index (χ1v) is 3.10. The normalized spacial score (nSPS) is 14.6. The van der Waals surface area contributed by atoms with Crippen LogP contribution in [0, 0.1) is 5.92 Å². The molecule has 0 spiro atoms. The molecule has 8 heavy (non-hydrogen) atoms. The molecule has 0 amide bonds. The first-order chi connectivity index (χ1) is 3.68. The van der Waals surface area contributed by atoms with Crippen molar-refractivity contribution in [1.82, 2.24) is 5.32 Å². The molecule has 2 heteroatoms. The van der Waals surface area contributed by atoms with Gasteiger partial charge in [-0.15, -0.1) is 0 Å². The van der Waals surface area contributed by atoms with Crippen molar-refractivity contribution < 1.29 is 5.11 Å². The van der Waals surface area contributed by atoms with Crippen LogP contribution >= 0.6 is 0 Å². The number of nitrogens with one attached hydrogen (secondary N) is 1. The van der Waals surface area contributed by atoms with E-state index in [0.717, 1.165) is 6.54 Å². The Morgan fingerprint density at radius 2 is 2.00 bits per heavy atom. The lowest BCUT2D eigenvalue weighted by Gasteiger charge is -2.13. The van der Waals surface area contributed by atoms with Crippen molar-refractivity contribution in [3.63, 3.8) is 0 Å². The van der Waals surface area contributed by atoms with E-state index in [2.05, 4.69) is 5.32 Å². The Morgan fingerprint density at radius 1 is 1.50 bits per heavy atom. The van der Waals surface area contributed by atoms with E-state index in [4.69, 9.17) is 5.11 Å². The molecule has 1 unspecified atom stereocenters. The molecule has 2 N–H and O–H groups in total. The minimum atomic E-state index is -0.333. The van der Waals surface area contributed by atoms with Gasteiger partial charge < -0.3 is 5.11 Å². The van der Waals surface area contributed by atoms with Gasteiger partial charge in [-0.25, -0.2) is 0 Å². The standard InChI is InChI=1S/C6H15NO/c1-4-7-6(8)5(2)3/h5-8H,4H2,1-3H3. The van der Waals surface area contributed by atoms with Crippen LogP contribution in [0.1, 0.15) is 20.8 Å². The highest BCUT2D eigenvalue weighted by atomic mass is 16.3. The van der Waals surface area contributed by atoms with Gasteiger partial charge in [0.15, 0.2) is 0 Å². The second kappa shape index (κ2) is 3.87. The number of aliphatic hydroxyl groups excluding tert-OH is 1. The van der Waals surface area contributed by atoms with Gasteiger partial charge in [-0.3, -0.25) is 5.32 Å². The van der Waals surface area contributed by atoms with Gasteiger partial charge in [0.05, 0.1) is 0 Å². The van der Waals surface area contributed by atoms with E-state index < -0.39 is 0 Å². The van der Waals surface area contributed by atoms with Gasteiger partial charge in [0.2, 0.25) is 0 Å². The maximum atomic E-state index is 9.02. The molecular weight excluding hydrogens is 102 g/mol. The zero-order chi connectivity index (χ0) is 6.57. The molecule has 0 saturated heterocycles.